The van der Waals surface area contributed by atoms with Gasteiger partial charge in [-0.05, 0) is 97.1 Å². The van der Waals surface area contributed by atoms with Crippen LogP contribution in [0.2, 0.25) is 0 Å². The summed E-state index contributed by atoms with van der Waals surface area (Å²) in [5.41, 5.74) is 6.69. The van der Waals surface area contributed by atoms with Crippen LogP contribution >= 0.6 is 38.5 Å². The van der Waals surface area contributed by atoms with E-state index in [1.807, 2.05) is 44.2 Å². The molecule has 0 aliphatic heterocycles. The predicted molar refractivity (Wildman–Crippen MR) is 159 cm³/mol. The molecule has 0 atom stereocenters. The van der Waals surface area contributed by atoms with Crippen LogP contribution in [0.15, 0.2) is 99.4 Å². The fraction of sp³-hybridized carbons (Fsp3) is 0.111. The van der Waals surface area contributed by atoms with Crippen LogP contribution in [0.25, 0.3) is 5.69 Å². The van der Waals surface area contributed by atoms with E-state index in [9.17, 15) is 13.2 Å². The Bertz CT molecular complexity index is 1550. The zero-order valence-corrected chi connectivity index (χ0v) is 24.7. The molecule has 0 aliphatic rings. The highest BCUT2D eigenvalue weighted by molar-refractivity contribution is 14.1. The van der Waals surface area contributed by atoms with E-state index < -0.39 is 22.5 Å². The number of hydrogen-bond donors (Lipinski definition) is 1. The fourth-order valence-electron chi connectivity index (χ4n) is 3.91. The van der Waals surface area contributed by atoms with E-state index >= 15 is 0 Å². The third-order valence-corrected chi connectivity index (χ3v) is 8.66. The van der Waals surface area contributed by atoms with Gasteiger partial charge in [-0.1, -0.05) is 40.2 Å². The highest BCUT2D eigenvalue weighted by atomic mass is 127. The van der Waals surface area contributed by atoms with E-state index in [2.05, 4.69) is 53.6 Å². The minimum atomic E-state index is -3.97. The van der Waals surface area contributed by atoms with Crippen molar-refractivity contribution < 1.29 is 13.2 Å². The molecule has 1 N–H and O–H groups in total. The number of halogens is 2. The third kappa shape index (κ3) is 6.31. The molecular formula is C27H24BrIN4O3S. The van der Waals surface area contributed by atoms with Crippen LogP contribution in [-0.2, 0) is 14.8 Å². The minimum Gasteiger partial charge on any atom is -0.318 e. The maximum Gasteiger partial charge on any atom is 0.264 e. The van der Waals surface area contributed by atoms with Gasteiger partial charge < -0.3 is 4.57 Å². The van der Waals surface area contributed by atoms with Crippen molar-refractivity contribution in [1.82, 2.24) is 9.99 Å². The van der Waals surface area contributed by atoms with Crippen LogP contribution in [0, 0.1) is 17.4 Å². The zero-order valence-electron chi connectivity index (χ0n) is 20.1. The summed E-state index contributed by atoms with van der Waals surface area (Å²) in [4.78, 5) is 12.9. The van der Waals surface area contributed by atoms with E-state index in [-0.39, 0.29) is 4.90 Å². The molecule has 0 saturated carbocycles. The average Bonchev–Trinajstić information content (AvgIpc) is 3.16. The van der Waals surface area contributed by atoms with Crippen LogP contribution in [-0.4, -0.2) is 31.7 Å². The molecule has 37 heavy (non-hydrogen) atoms. The minimum absolute atomic E-state index is 0.102. The summed E-state index contributed by atoms with van der Waals surface area (Å²) in [6, 6.07) is 24.9. The Morgan fingerprint density at radius 2 is 1.73 bits per heavy atom. The number of hydrazone groups is 1. The number of carbonyl (C=O) groups excluding carboxylic acids is 1. The quantitative estimate of drug-likeness (QED) is 0.144. The topological polar surface area (TPSA) is 83.8 Å². The van der Waals surface area contributed by atoms with E-state index in [0.29, 0.717) is 5.69 Å². The van der Waals surface area contributed by atoms with Crippen LogP contribution in [0.4, 0.5) is 5.69 Å². The van der Waals surface area contributed by atoms with Gasteiger partial charge in [0.25, 0.3) is 15.9 Å². The van der Waals surface area contributed by atoms with Gasteiger partial charge in [-0.15, -0.1) is 0 Å². The molecule has 4 rings (SSSR count). The normalized spacial score (nSPS) is 11.6. The molecule has 0 radical (unpaired) electrons. The third-order valence-electron chi connectivity index (χ3n) is 5.66. The van der Waals surface area contributed by atoms with Gasteiger partial charge in [-0.25, -0.2) is 13.8 Å². The Balaban J connectivity index is 1.54. The number of sulfonamides is 1. The highest BCUT2D eigenvalue weighted by Gasteiger charge is 2.27. The first-order valence-electron chi connectivity index (χ1n) is 11.3. The van der Waals surface area contributed by atoms with Crippen molar-refractivity contribution >= 4 is 66.4 Å². The Labute approximate surface area is 238 Å². The monoisotopic (exact) mass is 690 g/mol. The molecule has 0 aliphatic carbocycles. The molecule has 0 bridgehead atoms. The van der Waals surface area contributed by atoms with E-state index in [0.717, 1.165) is 35.0 Å². The smallest absolute Gasteiger partial charge is 0.264 e. The lowest BCUT2D eigenvalue weighted by Crippen LogP contribution is -2.39. The van der Waals surface area contributed by atoms with Gasteiger partial charge >= 0.3 is 0 Å². The molecule has 0 unspecified atom stereocenters. The first-order chi connectivity index (χ1) is 17.7. The maximum atomic E-state index is 13.4. The number of nitrogens with one attached hydrogen (secondary N) is 1. The van der Waals surface area contributed by atoms with Crippen molar-refractivity contribution in [3.05, 3.63) is 110 Å². The second kappa shape index (κ2) is 11.6. The standard InChI is InChI=1S/C27H24BrIN4O3S/c1-19-15-21(20(2)33(19)25-8-6-7-22(28)16-25)17-30-31-27(34)18-32(24-13-11-23(29)12-14-24)37(35,36)26-9-4-3-5-10-26/h3-17H,18H2,1-2H3,(H,31,34)/b30-17-. The van der Waals surface area contributed by atoms with Crippen molar-refractivity contribution in [2.24, 2.45) is 5.10 Å². The van der Waals surface area contributed by atoms with Crippen LogP contribution in [0.1, 0.15) is 17.0 Å². The maximum absolute atomic E-state index is 13.4. The van der Waals surface area contributed by atoms with Crippen molar-refractivity contribution in [3.8, 4) is 5.69 Å². The second-order valence-corrected chi connectivity index (χ2v) is 12.3. The number of aryl methyl sites for hydroxylation is 1. The molecular weight excluding hydrogens is 667 g/mol. The van der Waals surface area contributed by atoms with Crippen LogP contribution in [0.3, 0.4) is 0 Å². The molecule has 0 fully saturated rings. The van der Waals surface area contributed by atoms with E-state index in [1.165, 1.54) is 12.1 Å². The predicted octanol–water partition coefficient (Wildman–Crippen LogP) is 5.81. The molecule has 1 aromatic heterocycles. The Morgan fingerprint density at radius 1 is 1.03 bits per heavy atom. The number of amides is 1. The Kier molecular flexibility index (Phi) is 8.50. The summed E-state index contributed by atoms with van der Waals surface area (Å²) in [7, 11) is -3.97. The largest absolute Gasteiger partial charge is 0.318 e. The Morgan fingerprint density at radius 3 is 2.41 bits per heavy atom. The number of hydrogen-bond acceptors (Lipinski definition) is 4. The van der Waals surface area contributed by atoms with Crippen molar-refractivity contribution in [3.63, 3.8) is 0 Å². The number of carbonyl (C=O) groups is 1. The zero-order chi connectivity index (χ0) is 26.6. The first kappa shape index (κ1) is 27.1. The molecule has 0 saturated heterocycles. The molecule has 7 nitrogen and oxygen atoms in total. The van der Waals surface area contributed by atoms with Crippen LogP contribution < -0.4 is 9.73 Å². The summed E-state index contributed by atoms with van der Waals surface area (Å²) < 4.78 is 31.9. The summed E-state index contributed by atoms with van der Waals surface area (Å²) in [6.45, 7) is 3.55. The van der Waals surface area contributed by atoms with Gasteiger partial charge in [0.15, 0.2) is 0 Å². The van der Waals surface area contributed by atoms with Gasteiger partial charge in [0.2, 0.25) is 0 Å². The lowest BCUT2D eigenvalue weighted by atomic mass is 10.2. The van der Waals surface area contributed by atoms with Crippen molar-refractivity contribution in [2.45, 2.75) is 18.7 Å². The molecule has 3 aromatic carbocycles. The summed E-state index contributed by atoms with van der Waals surface area (Å²) >= 11 is 5.65. The molecule has 1 amide bonds. The van der Waals surface area contributed by atoms with Crippen molar-refractivity contribution in [2.75, 3.05) is 10.8 Å². The average molecular weight is 691 g/mol. The van der Waals surface area contributed by atoms with Gasteiger partial charge in [0, 0.05) is 30.7 Å². The molecule has 1 heterocycles. The van der Waals surface area contributed by atoms with Crippen molar-refractivity contribution in [1.29, 1.82) is 0 Å². The lowest BCUT2D eigenvalue weighted by molar-refractivity contribution is -0.119. The second-order valence-electron chi connectivity index (χ2n) is 8.24. The SMILES string of the molecule is Cc1cc(/C=N\NC(=O)CN(c2ccc(I)cc2)S(=O)(=O)c2ccccc2)c(C)n1-c1cccc(Br)c1. The Hall–Kier alpha value is -2.96. The molecule has 190 valence electrons. The van der Waals surface area contributed by atoms with E-state index in [1.54, 1.807) is 48.7 Å². The first-order valence-corrected chi connectivity index (χ1v) is 14.6. The summed E-state index contributed by atoms with van der Waals surface area (Å²) in [5, 5.41) is 4.11. The summed E-state index contributed by atoms with van der Waals surface area (Å²) in [6.07, 6.45) is 1.57. The number of nitrogens with zero attached hydrogens (tertiary/aromatic N) is 3. The molecule has 4 aromatic rings. The summed E-state index contributed by atoms with van der Waals surface area (Å²) in [5.74, 6) is -0.560. The van der Waals surface area contributed by atoms with Gasteiger partial charge in [0.05, 0.1) is 16.8 Å². The van der Waals surface area contributed by atoms with Gasteiger partial charge in [-0.3, -0.25) is 9.10 Å². The lowest BCUT2D eigenvalue weighted by Gasteiger charge is -2.23. The van der Waals surface area contributed by atoms with Crippen LogP contribution in [0.5, 0.6) is 0 Å². The molecule has 10 heteroatoms. The number of benzene rings is 3. The number of aromatic nitrogens is 1. The number of rotatable bonds is 8. The van der Waals surface area contributed by atoms with Gasteiger partial charge in [-0.2, -0.15) is 5.10 Å². The van der Waals surface area contributed by atoms with Gasteiger partial charge in [0.1, 0.15) is 6.54 Å². The number of anilines is 1. The molecule has 0 spiro atoms. The highest BCUT2D eigenvalue weighted by Crippen LogP contribution is 2.25. The fourth-order valence-corrected chi connectivity index (χ4v) is 6.10. The van der Waals surface area contributed by atoms with E-state index in [4.69, 9.17) is 0 Å².